The molecule has 0 radical (unpaired) electrons. The average Bonchev–Trinajstić information content (AvgIpc) is 2.83. The van der Waals surface area contributed by atoms with Gasteiger partial charge in [0, 0.05) is 17.6 Å². The van der Waals surface area contributed by atoms with Crippen molar-refractivity contribution in [1.29, 1.82) is 0 Å². The van der Waals surface area contributed by atoms with Crippen molar-refractivity contribution in [3.05, 3.63) is 40.3 Å². The van der Waals surface area contributed by atoms with Crippen LogP contribution in [0.3, 0.4) is 0 Å². The molecule has 0 amide bonds. The highest BCUT2D eigenvalue weighted by Gasteiger charge is 2.22. The molecule has 20 heavy (non-hydrogen) atoms. The van der Waals surface area contributed by atoms with Crippen molar-refractivity contribution >= 4 is 11.3 Å². The summed E-state index contributed by atoms with van der Waals surface area (Å²) >= 11 is 1.70. The van der Waals surface area contributed by atoms with Crippen LogP contribution in [0.15, 0.2) is 29.6 Å². The van der Waals surface area contributed by atoms with Gasteiger partial charge in [0.15, 0.2) is 11.5 Å². The van der Waals surface area contributed by atoms with Crippen LogP contribution in [0.25, 0.3) is 0 Å². The van der Waals surface area contributed by atoms with Crippen LogP contribution < -0.4 is 9.47 Å². The number of aryl methyl sites for hydroxylation is 1. The largest absolute Gasteiger partial charge is 0.486 e. The molecule has 4 nitrogen and oxygen atoms in total. The fourth-order valence-corrected chi connectivity index (χ4v) is 3.12. The molecule has 1 atom stereocenters. The van der Waals surface area contributed by atoms with E-state index in [9.17, 15) is 0 Å². The monoisotopic (exact) mass is 290 g/mol. The SMILES string of the molecule is Cc1csc(CN(C)C[C@@H]2COc3ccccc3O2)n1. The Morgan fingerprint density at radius 3 is 2.90 bits per heavy atom. The van der Waals surface area contributed by atoms with Gasteiger partial charge in [0.1, 0.15) is 17.7 Å². The number of thiazole rings is 1. The van der Waals surface area contributed by atoms with Gasteiger partial charge in [0.05, 0.1) is 6.54 Å². The molecule has 1 aromatic carbocycles. The smallest absolute Gasteiger partial charge is 0.161 e. The number of benzene rings is 1. The van der Waals surface area contributed by atoms with E-state index in [4.69, 9.17) is 9.47 Å². The highest BCUT2D eigenvalue weighted by atomic mass is 32.1. The summed E-state index contributed by atoms with van der Waals surface area (Å²) < 4.78 is 11.7. The van der Waals surface area contributed by atoms with Crippen molar-refractivity contribution < 1.29 is 9.47 Å². The standard InChI is InChI=1S/C15H18N2O2S/c1-11-10-20-15(16-11)8-17(2)7-12-9-18-13-5-3-4-6-14(13)19-12/h3-6,10,12H,7-9H2,1-2H3/t12-/m1/s1. The first-order valence-corrected chi connectivity index (χ1v) is 7.57. The molecule has 0 saturated heterocycles. The molecule has 1 aliphatic rings. The minimum absolute atomic E-state index is 0.0657. The molecule has 3 rings (SSSR count). The van der Waals surface area contributed by atoms with Crippen LogP contribution >= 0.6 is 11.3 Å². The van der Waals surface area contributed by atoms with Gasteiger partial charge in [-0.3, -0.25) is 4.90 Å². The van der Waals surface area contributed by atoms with Crippen molar-refractivity contribution in [3.63, 3.8) is 0 Å². The van der Waals surface area contributed by atoms with Gasteiger partial charge in [-0.05, 0) is 26.1 Å². The summed E-state index contributed by atoms with van der Waals surface area (Å²) in [7, 11) is 2.08. The van der Waals surface area contributed by atoms with Crippen LogP contribution in [0, 0.1) is 6.92 Å². The molecule has 5 heteroatoms. The summed E-state index contributed by atoms with van der Waals surface area (Å²) in [6.07, 6.45) is 0.0657. The molecule has 0 N–H and O–H groups in total. The number of hydrogen-bond donors (Lipinski definition) is 0. The number of para-hydroxylation sites is 2. The number of aromatic nitrogens is 1. The van der Waals surface area contributed by atoms with E-state index in [0.717, 1.165) is 35.3 Å². The number of likely N-dealkylation sites (N-methyl/N-ethyl adjacent to an activating group) is 1. The van der Waals surface area contributed by atoms with E-state index in [1.807, 2.05) is 31.2 Å². The summed E-state index contributed by atoms with van der Waals surface area (Å²) in [6, 6.07) is 7.81. The fraction of sp³-hybridized carbons (Fsp3) is 0.400. The Bertz CT molecular complexity index is 585. The average molecular weight is 290 g/mol. The van der Waals surface area contributed by atoms with Crippen molar-refractivity contribution in [2.75, 3.05) is 20.2 Å². The molecule has 0 fully saturated rings. The molecule has 0 spiro atoms. The fourth-order valence-electron chi connectivity index (χ4n) is 2.27. The summed E-state index contributed by atoms with van der Waals surface area (Å²) in [6.45, 7) is 4.29. The maximum atomic E-state index is 5.96. The molecule has 1 aromatic heterocycles. The van der Waals surface area contributed by atoms with E-state index in [1.165, 1.54) is 0 Å². The third-order valence-corrected chi connectivity index (χ3v) is 4.11. The molecule has 2 aromatic rings. The van der Waals surface area contributed by atoms with Crippen LogP contribution in [-0.4, -0.2) is 36.2 Å². The number of nitrogens with zero attached hydrogens (tertiary/aromatic N) is 2. The maximum absolute atomic E-state index is 5.96. The third kappa shape index (κ3) is 3.11. The summed E-state index contributed by atoms with van der Waals surface area (Å²) in [4.78, 5) is 6.71. The molecule has 106 valence electrons. The van der Waals surface area contributed by atoms with Gasteiger partial charge in [-0.25, -0.2) is 4.98 Å². The van der Waals surface area contributed by atoms with E-state index >= 15 is 0 Å². The Hall–Kier alpha value is -1.59. The molecule has 0 bridgehead atoms. The predicted octanol–water partition coefficient (Wildman–Crippen LogP) is 2.72. The molecular formula is C15H18N2O2S. The first-order valence-electron chi connectivity index (χ1n) is 6.69. The van der Waals surface area contributed by atoms with Gasteiger partial charge in [-0.2, -0.15) is 0 Å². The number of ether oxygens (including phenoxy) is 2. The second-order valence-electron chi connectivity index (χ2n) is 5.08. The molecule has 0 saturated carbocycles. The highest BCUT2D eigenvalue weighted by Crippen LogP contribution is 2.31. The molecular weight excluding hydrogens is 272 g/mol. The predicted molar refractivity (Wildman–Crippen MR) is 79.5 cm³/mol. The van der Waals surface area contributed by atoms with Gasteiger partial charge >= 0.3 is 0 Å². The minimum atomic E-state index is 0.0657. The van der Waals surface area contributed by atoms with Crippen LogP contribution in [0.2, 0.25) is 0 Å². The number of fused-ring (bicyclic) bond motifs is 1. The number of rotatable bonds is 4. The first-order chi connectivity index (χ1) is 9.70. The Labute approximate surface area is 123 Å². The lowest BCUT2D eigenvalue weighted by Crippen LogP contribution is -2.39. The van der Waals surface area contributed by atoms with Gasteiger partial charge in [0.25, 0.3) is 0 Å². The Kier molecular flexibility index (Phi) is 3.89. The number of hydrogen-bond acceptors (Lipinski definition) is 5. The third-order valence-electron chi connectivity index (χ3n) is 3.15. The van der Waals surface area contributed by atoms with Gasteiger partial charge in [-0.1, -0.05) is 12.1 Å². The van der Waals surface area contributed by atoms with Gasteiger partial charge in [0.2, 0.25) is 0 Å². The Balaban J connectivity index is 1.56. The lowest BCUT2D eigenvalue weighted by Gasteiger charge is -2.29. The summed E-state index contributed by atoms with van der Waals surface area (Å²) in [5.41, 5.74) is 1.09. The Morgan fingerprint density at radius 1 is 1.35 bits per heavy atom. The Morgan fingerprint density at radius 2 is 2.15 bits per heavy atom. The van der Waals surface area contributed by atoms with Crippen molar-refractivity contribution in [2.24, 2.45) is 0 Å². The van der Waals surface area contributed by atoms with Crippen molar-refractivity contribution in [2.45, 2.75) is 19.6 Å². The summed E-state index contributed by atoms with van der Waals surface area (Å²) in [5, 5.41) is 3.22. The zero-order valence-electron chi connectivity index (χ0n) is 11.7. The van der Waals surface area contributed by atoms with Crippen molar-refractivity contribution in [1.82, 2.24) is 9.88 Å². The topological polar surface area (TPSA) is 34.6 Å². The molecule has 1 aliphatic heterocycles. The van der Waals surface area contributed by atoms with Crippen LogP contribution in [0.4, 0.5) is 0 Å². The van der Waals surface area contributed by atoms with E-state index in [2.05, 4.69) is 22.3 Å². The highest BCUT2D eigenvalue weighted by molar-refractivity contribution is 7.09. The van der Waals surface area contributed by atoms with Crippen LogP contribution in [0.5, 0.6) is 11.5 Å². The van der Waals surface area contributed by atoms with Gasteiger partial charge in [-0.15, -0.1) is 11.3 Å². The normalized spacial score (nSPS) is 17.4. The van der Waals surface area contributed by atoms with Crippen molar-refractivity contribution in [3.8, 4) is 11.5 Å². The zero-order valence-corrected chi connectivity index (χ0v) is 12.5. The minimum Gasteiger partial charge on any atom is -0.486 e. The second-order valence-corrected chi connectivity index (χ2v) is 6.02. The van der Waals surface area contributed by atoms with E-state index in [-0.39, 0.29) is 6.10 Å². The quantitative estimate of drug-likeness (QED) is 0.867. The molecule has 0 aliphatic carbocycles. The lowest BCUT2D eigenvalue weighted by molar-refractivity contribution is 0.0638. The zero-order chi connectivity index (χ0) is 13.9. The maximum Gasteiger partial charge on any atom is 0.161 e. The molecule has 2 heterocycles. The lowest BCUT2D eigenvalue weighted by atomic mass is 10.2. The second kappa shape index (κ2) is 5.81. The first kappa shape index (κ1) is 13.4. The van der Waals surface area contributed by atoms with Crippen LogP contribution in [0.1, 0.15) is 10.7 Å². The van der Waals surface area contributed by atoms with E-state index in [0.29, 0.717) is 6.61 Å². The van der Waals surface area contributed by atoms with E-state index in [1.54, 1.807) is 11.3 Å². The van der Waals surface area contributed by atoms with E-state index < -0.39 is 0 Å². The van der Waals surface area contributed by atoms with Gasteiger partial charge < -0.3 is 9.47 Å². The molecule has 0 unspecified atom stereocenters. The summed E-state index contributed by atoms with van der Waals surface area (Å²) in [5.74, 6) is 1.67. The van der Waals surface area contributed by atoms with Crippen LogP contribution in [-0.2, 0) is 6.54 Å².